The maximum atomic E-state index is 12.1. The Morgan fingerprint density at radius 1 is 1.28 bits per heavy atom. The minimum absolute atomic E-state index is 0.118. The first-order valence-corrected chi connectivity index (χ1v) is 10.5. The Labute approximate surface area is 163 Å². The molecule has 0 aromatic heterocycles. The van der Waals surface area contributed by atoms with Gasteiger partial charge in [0.25, 0.3) is 0 Å². The number of guanidine groups is 1. The number of halogens is 1. The molecule has 2 rings (SSSR count). The molecule has 7 heteroatoms. The van der Waals surface area contributed by atoms with Crippen molar-refractivity contribution in [3.8, 4) is 0 Å². The second-order valence-corrected chi connectivity index (χ2v) is 8.47. The third-order valence-corrected chi connectivity index (χ3v) is 5.53. The van der Waals surface area contributed by atoms with E-state index in [9.17, 15) is 4.79 Å². The molecule has 1 heterocycles. The van der Waals surface area contributed by atoms with Crippen LogP contribution >= 0.6 is 27.7 Å². The van der Waals surface area contributed by atoms with Crippen LogP contribution in [0.1, 0.15) is 26.7 Å². The average Bonchev–Trinajstić information content (AvgIpc) is 3.14. The molecular weight excluding hydrogens is 400 g/mol. The molecule has 1 aromatic rings. The average molecular weight is 427 g/mol. The number of rotatable bonds is 7. The summed E-state index contributed by atoms with van der Waals surface area (Å²) in [5.74, 6) is 0.824. The first kappa shape index (κ1) is 20.1. The van der Waals surface area contributed by atoms with Crippen LogP contribution in [0.5, 0.6) is 0 Å². The molecule has 0 radical (unpaired) electrons. The predicted molar refractivity (Wildman–Crippen MR) is 109 cm³/mol. The highest BCUT2D eigenvalue weighted by Crippen LogP contribution is 2.24. The molecule has 1 aromatic carbocycles. The Morgan fingerprint density at radius 2 is 1.96 bits per heavy atom. The summed E-state index contributed by atoms with van der Waals surface area (Å²) in [5, 5.41) is 6.93. The summed E-state index contributed by atoms with van der Waals surface area (Å²) in [7, 11) is 0. The fourth-order valence-corrected chi connectivity index (χ4v) is 3.77. The molecule has 1 unspecified atom stereocenters. The summed E-state index contributed by atoms with van der Waals surface area (Å²) in [6.45, 7) is 7.72. The number of nitrogens with one attached hydrogen (secondary N) is 2. The Balaban J connectivity index is 1.79. The van der Waals surface area contributed by atoms with Crippen LogP contribution in [-0.4, -0.2) is 54.7 Å². The second-order valence-electron chi connectivity index (χ2n) is 6.05. The number of hydrogen-bond donors (Lipinski definition) is 2. The van der Waals surface area contributed by atoms with Crippen molar-refractivity contribution in [1.29, 1.82) is 0 Å². The van der Waals surface area contributed by atoms with Crippen LogP contribution in [0.4, 0.5) is 0 Å². The summed E-state index contributed by atoms with van der Waals surface area (Å²) >= 11 is 5.27. The number of aliphatic imine (C=N–C) groups is 1. The second kappa shape index (κ2) is 10.7. The lowest BCUT2D eigenvalue weighted by atomic mass is 10.4. The van der Waals surface area contributed by atoms with Gasteiger partial charge in [0.05, 0.1) is 0 Å². The van der Waals surface area contributed by atoms with E-state index in [1.54, 1.807) is 0 Å². The van der Waals surface area contributed by atoms with Gasteiger partial charge in [0.2, 0.25) is 5.91 Å². The van der Waals surface area contributed by atoms with Crippen LogP contribution in [0, 0.1) is 0 Å². The van der Waals surface area contributed by atoms with Gasteiger partial charge in [-0.1, -0.05) is 22.9 Å². The molecule has 1 fully saturated rings. The summed E-state index contributed by atoms with van der Waals surface area (Å²) in [5.41, 5.74) is 0. The highest BCUT2D eigenvalue weighted by Gasteiger charge is 2.17. The van der Waals surface area contributed by atoms with Crippen molar-refractivity contribution < 1.29 is 4.79 Å². The molecule has 25 heavy (non-hydrogen) atoms. The third-order valence-electron chi connectivity index (χ3n) is 3.88. The first-order valence-electron chi connectivity index (χ1n) is 8.80. The van der Waals surface area contributed by atoms with Crippen molar-refractivity contribution in [2.75, 3.05) is 32.7 Å². The van der Waals surface area contributed by atoms with Crippen LogP contribution < -0.4 is 10.6 Å². The molecule has 1 aliphatic heterocycles. The molecule has 1 saturated heterocycles. The zero-order chi connectivity index (χ0) is 18.1. The summed E-state index contributed by atoms with van der Waals surface area (Å²) in [6, 6.07) is 8.33. The first-order chi connectivity index (χ1) is 12.1. The Hall–Kier alpha value is -1.21. The fourth-order valence-electron chi connectivity index (χ4n) is 2.58. The molecule has 1 amide bonds. The number of benzene rings is 1. The Kier molecular flexibility index (Phi) is 8.61. The molecule has 1 atom stereocenters. The monoisotopic (exact) mass is 426 g/mol. The molecule has 0 aliphatic carbocycles. The lowest BCUT2D eigenvalue weighted by Gasteiger charge is -2.17. The largest absolute Gasteiger partial charge is 0.357 e. The highest BCUT2D eigenvalue weighted by atomic mass is 79.9. The molecule has 0 bridgehead atoms. The molecule has 138 valence electrons. The molecule has 1 aliphatic rings. The van der Waals surface area contributed by atoms with Crippen molar-refractivity contribution in [2.45, 2.75) is 36.8 Å². The number of hydrogen-bond acceptors (Lipinski definition) is 3. The lowest BCUT2D eigenvalue weighted by Crippen LogP contribution is -2.41. The van der Waals surface area contributed by atoms with E-state index in [1.165, 1.54) is 4.90 Å². The van der Waals surface area contributed by atoms with Gasteiger partial charge in [-0.3, -0.25) is 4.79 Å². The van der Waals surface area contributed by atoms with E-state index in [0.717, 1.165) is 43.5 Å². The number of amides is 1. The van der Waals surface area contributed by atoms with Gasteiger partial charge in [-0.25, -0.2) is 4.99 Å². The standard InChI is InChI=1S/C18H27BrN4OS/c1-3-20-18(22-13-17(24)23-10-4-5-11-23)21-12-14(2)25-16-8-6-15(19)7-9-16/h6-9,14H,3-5,10-13H2,1-2H3,(H2,20,21,22). The van der Waals surface area contributed by atoms with E-state index in [0.29, 0.717) is 11.2 Å². The van der Waals surface area contributed by atoms with Gasteiger partial charge in [0.15, 0.2) is 5.96 Å². The van der Waals surface area contributed by atoms with Crippen molar-refractivity contribution in [3.05, 3.63) is 28.7 Å². The zero-order valence-corrected chi connectivity index (χ0v) is 17.3. The highest BCUT2D eigenvalue weighted by molar-refractivity contribution is 9.10. The molecule has 0 saturated carbocycles. The molecule has 2 N–H and O–H groups in total. The number of carbonyl (C=O) groups is 1. The van der Waals surface area contributed by atoms with Crippen molar-refractivity contribution in [2.24, 2.45) is 4.99 Å². The molecule has 5 nitrogen and oxygen atoms in total. The van der Waals surface area contributed by atoms with Crippen LogP contribution in [0.25, 0.3) is 0 Å². The predicted octanol–water partition coefficient (Wildman–Crippen LogP) is 3.11. The van der Waals surface area contributed by atoms with Gasteiger partial charge >= 0.3 is 0 Å². The van der Waals surface area contributed by atoms with Gasteiger partial charge < -0.3 is 15.5 Å². The van der Waals surface area contributed by atoms with Crippen LogP contribution in [0.3, 0.4) is 0 Å². The number of carbonyl (C=O) groups excluding carboxylic acids is 1. The van der Waals surface area contributed by atoms with E-state index in [4.69, 9.17) is 0 Å². The van der Waals surface area contributed by atoms with Crippen LogP contribution in [0.15, 0.2) is 38.6 Å². The van der Waals surface area contributed by atoms with Crippen molar-refractivity contribution in [1.82, 2.24) is 15.5 Å². The quantitative estimate of drug-likeness (QED) is 0.399. The maximum Gasteiger partial charge on any atom is 0.244 e. The van der Waals surface area contributed by atoms with E-state index in [2.05, 4.69) is 62.7 Å². The van der Waals surface area contributed by atoms with Crippen molar-refractivity contribution >= 4 is 39.6 Å². The minimum atomic E-state index is 0.118. The molecular formula is C18H27BrN4OS. The number of likely N-dealkylation sites (tertiary alicyclic amines) is 1. The van der Waals surface area contributed by atoms with E-state index >= 15 is 0 Å². The van der Waals surface area contributed by atoms with E-state index in [1.807, 2.05) is 23.6 Å². The third kappa shape index (κ3) is 7.28. The van der Waals surface area contributed by atoms with E-state index in [-0.39, 0.29) is 12.5 Å². The molecule has 0 spiro atoms. The van der Waals surface area contributed by atoms with E-state index < -0.39 is 0 Å². The maximum absolute atomic E-state index is 12.1. The minimum Gasteiger partial charge on any atom is -0.357 e. The summed E-state index contributed by atoms with van der Waals surface area (Å²) in [6.07, 6.45) is 2.22. The SMILES string of the molecule is CCNC(=NCC(=O)N1CCCC1)NCC(C)Sc1ccc(Br)cc1. The zero-order valence-electron chi connectivity index (χ0n) is 14.9. The van der Waals surface area contributed by atoms with Crippen LogP contribution in [0.2, 0.25) is 0 Å². The summed E-state index contributed by atoms with van der Waals surface area (Å²) < 4.78 is 1.09. The van der Waals surface area contributed by atoms with Gasteiger partial charge in [-0.15, -0.1) is 11.8 Å². The normalized spacial score (nSPS) is 16.0. The van der Waals surface area contributed by atoms with Gasteiger partial charge in [-0.05, 0) is 44.0 Å². The smallest absolute Gasteiger partial charge is 0.244 e. The Morgan fingerprint density at radius 3 is 2.60 bits per heavy atom. The Bertz CT molecular complexity index is 573. The van der Waals surface area contributed by atoms with Gasteiger partial charge in [0, 0.05) is 40.8 Å². The fraction of sp³-hybridized carbons (Fsp3) is 0.556. The lowest BCUT2D eigenvalue weighted by molar-refractivity contribution is -0.128. The summed E-state index contributed by atoms with van der Waals surface area (Å²) in [4.78, 5) is 19.7. The number of nitrogens with zero attached hydrogens (tertiary/aromatic N) is 2. The number of thioether (sulfide) groups is 1. The van der Waals surface area contributed by atoms with Crippen LogP contribution in [-0.2, 0) is 4.79 Å². The van der Waals surface area contributed by atoms with Crippen molar-refractivity contribution in [3.63, 3.8) is 0 Å². The van der Waals surface area contributed by atoms with Gasteiger partial charge in [-0.2, -0.15) is 0 Å². The van der Waals surface area contributed by atoms with Gasteiger partial charge in [0.1, 0.15) is 6.54 Å². The topological polar surface area (TPSA) is 56.7 Å².